The Morgan fingerprint density at radius 2 is 1.94 bits per heavy atom. The van der Waals surface area contributed by atoms with Crippen molar-refractivity contribution in [3.05, 3.63) is 10.4 Å². The monoisotopic (exact) mass is 241 g/mol. The second kappa shape index (κ2) is 12.8. The predicted molar refractivity (Wildman–Crippen MR) is 68.2 cm³/mol. The Bertz CT molecular complexity index is 238. The second-order valence-corrected chi connectivity index (χ2v) is 3.95. The van der Waals surface area contributed by atoms with E-state index >= 15 is 0 Å². The molecule has 0 radical (unpaired) electrons. The summed E-state index contributed by atoms with van der Waals surface area (Å²) in [6.45, 7) is 3.44. The first-order valence-corrected chi connectivity index (χ1v) is 6.33. The fourth-order valence-corrected chi connectivity index (χ4v) is 1.39. The number of unbranched alkanes of at least 4 members (excludes halogenated alkanes) is 4. The molecule has 0 aromatic heterocycles. The Kier molecular flexibility index (Phi) is 11.9. The largest absolute Gasteiger partial charge is 0.292 e. The van der Waals surface area contributed by atoms with Crippen molar-refractivity contribution in [3.8, 4) is 0 Å². The molecule has 6 heteroatoms. The molecule has 0 aromatic carbocycles. The molecule has 0 atom stereocenters. The third kappa shape index (κ3) is 12.7. The summed E-state index contributed by atoms with van der Waals surface area (Å²) in [5.74, 6) is 0.0625. The molecule has 98 valence electrons. The van der Waals surface area contributed by atoms with E-state index in [1.54, 1.807) is 0 Å². The zero-order valence-corrected chi connectivity index (χ0v) is 10.6. The highest BCUT2D eigenvalue weighted by Gasteiger charge is 1.99. The quantitative estimate of drug-likeness (QED) is 0.191. The van der Waals surface area contributed by atoms with Gasteiger partial charge in [-0.1, -0.05) is 31.3 Å². The summed E-state index contributed by atoms with van der Waals surface area (Å²) >= 11 is 0. The molecule has 0 aromatic rings. The maximum atomic E-state index is 11.3. The Morgan fingerprint density at radius 1 is 1.24 bits per heavy atom. The molecule has 0 aliphatic carbocycles. The number of hydrazine groups is 1. The lowest BCUT2D eigenvalue weighted by Gasteiger charge is -2.05. The van der Waals surface area contributed by atoms with Gasteiger partial charge >= 0.3 is 0 Å². The minimum Gasteiger partial charge on any atom is -0.292 e. The molecule has 2 N–H and O–H groups in total. The third-order valence-corrected chi connectivity index (χ3v) is 2.33. The molecule has 17 heavy (non-hydrogen) atoms. The van der Waals surface area contributed by atoms with Crippen molar-refractivity contribution in [3.63, 3.8) is 0 Å². The molecule has 0 spiro atoms. The maximum Gasteiger partial charge on any atom is 0.234 e. The van der Waals surface area contributed by atoms with Gasteiger partial charge in [-0.15, -0.1) is 0 Å². The number of carbonyl (C=O) groups is 1. The van der Waals surface area contributed by atoms with E-state index in [9.17, 15) is 4.79 Å². The van der Waals surface area contributed by atoms with Crippen LogP contribution in [0.3, 0.4) is 0 Å². The summed E-state index contributed by atoms with van der Waals surface area (Å²) < 4.78 is 0. The molecular weight excluding hydrogens is 218 g/mol. The van der Waals surface area contributed by atoms with Crippen LogP contribution in [0, 0.1) is 0 Å². The molecule has 0 unspecified atom stereocenters. The fourth-order valence-electron chi connectivity index (χ4n) is 1.39. The molecule has 0 bridgehead atoms. The summed E-state index contributed by atoms with van der Waals surface area (Å²) in [5.41, 5.74) is 13.6. The van der Waals surface area contributed by atoms with Crippen molar-refractivity contribution in [1.29, 1.82) is 0 Å². The number of carbonyl (C=O) groups excluding carboxylic acids is 1. The third-order valence-electron chi connectivity index (χ3n) is 2.33. The predicted octanol–water partition coefficient (Wildman–Crippen LogP) is 2.67. The summed E-state index contributed by atoms with van der Waals surface area (Å²) in [7, 11) is 0. The van der Waals surface area contributed by atoms with Gasteiger partial charge in [0.15, 0.2) is 0 Å². The van der Waals surface area contributed by atoms with Crippen LogP contribution < -0.4 is 10.9 Å². The van der Waals surface area contributed by atoms with E-state index in [1.165, 1.54) is 0 Å². The van der Waals surface area contributed by atoms with Crippen molar-refractivity contribution in [2.75, 3.05) is 13.1 Å². The zero-order chi connectivity index (χ0) is 12.8. The van der Waals surface area contributed by atoms with Crippen LogP contribution in [0.4, 0.5) is 0 Å². The van der Waals surface area contributed by atoms with Gasteiger partial charge in [0, 0.05) is 24.4 Å². The number of nitrogens with one attached hydrogen (secondary N) is 2. The topological polar surface area (TPSA) is 89.9 Å². The van der Waals surface area contributed by atoms with E-state index < -0.39 is 0 Å². The van der Waals surface area contributed by atoms with Crippen LogP contribution in [0.1, 0.15) is 51.9 Å². The first kappa shape index (κ1) is 15.7. The van der Waals surface area contributed by atoms with Crippen molar-refractivity contribution in [2.24, 2.45) is 5.11 Å². The lowest BCUT2D eigenvalue weighted by atomic mass is 10.1. The summed E-state index contributed by atoms with van der Waals surface area (Å²) in [5, 5.41) is 3.47. The molecule has 0 heterocycles. The van der Waals surface area contributed by atoms with Crippen molar-refractivity contribution >= 4 is 5.91 Å². The van der Waals surface area contributed by atoms with Crippen LogP contribution >= 0.6 is 0 Å². The normalized spacial score (nSPS) is 9.71. The van der Waals surface area contributed by atoms with Gasteiger partial charge < -0.3 is 0 Å². The van der Waals surface area contributed by atoms with Crippen LogP contribution in [0.25, 0.3) is 10.4 Å². The highest BCUT2D eigenvalue weighted by atomic mass is 16.2. The van der Waals surface area contributed by atoms with Crippen molar-refractivity contribution in [2.45, 2.75) is 51.9 Å². The summed E-state index contributed by atoms with van der Waals surface area (Å²) in [6, 6.07) is 0. The van der Waals surface area contributed by atoms with Crippen LogP contribution in [-0.4, -0.2) is 19.0 Å². The Hall–Kier alpha value is -1.26. The Morgan fingerprint density at radius 3 is 2.65 bits per heavy atom. The van der Waals surface area contributed by atoms with E-state index in [4.69, 9.17) is 5.53 Å². The molecule has 0 saturated carbocycles. The molecule has 0 aliphatic heterocycles. The standard InChI is InChI=1S/C11H23N5O/c1-2-9-13-15-11(17)8-6-4-3-5-7-10-14-16-12/h13H,2-10H2,1H3,(H,15,17). The molecule has 6 nitrogen and oxygen atoms in total. The van der Waals surface area contributed by atoms with Crippen molar-refractivity contribution in [1.82, 2.24) is 10.9 Å². The van der Waals surface area contributed by atoms with Gasteiger partial charge in [-0.2, -0.15) is 0 Å². The van der Waals surface area contributed by atoms with E-state index in [2.05, 4.69) is 27.8 Å². The number of azide groups is 1. The van der Waals surface area contributed by atoms with E-state index in [1.807, 2.05) is 0 Å². The number of amides is 1. The highest BCUT2D eigenvalue weighted by Crippen LogP contribution is 2.05. The van der Waals surface area contributed by atoms with Gasteiger partial charge in [-0.05, 0) is 24.8 Å². The van der Waals surface area contributed by atoms with E-state index in [0.717, 1.165) is 45.1 Å². The second-order valence-electron chi connectivity index (χ2n) is 3.95. The minimum absolute atomic E-state index is 0.0625. The van der Waals surface area contributed by atoms with Gasteiger partial charge in [0.25, 0.3) is 0 Å². The number of hydrogen-bond acceptors (Lipinski definition) is 3. The van der Waals surface area contributed by atoms with Crippen LogP contribution in [-0.2, 0) is 4.79 Å². The first-order chi connectivity index (χ1) is 8.31. The minimum atomic E-state index is 0.0625. The van der Waals surface area contributed by atoms with E-state index in [-0.39, 0.29) is 5.91 Å². The average Bonchev–Trinajstić information content (AvgIpc) is 2.33. The molecule has 0 saturated heterocycles. The van der Waals surface area contributed by atoms with E-state index in [0.29, 0.717) is 13.0 Å². The first-order valence-electron chi connectivity index (χ1n) is 6.33. The molecule has 0 fully saturated rings. The lowest BCUT2D eigenvalue weighted by molar-refractivity contribution is -0.122. The van der Waals surface area contributed by atoms with Gasteiger partial charge in [-0.3, -0.25) is 10.2 Å². The van der Waals surface area contributed by atoms with Crippen LogP contribution in [0.15, 0.2) is 5.11 Å². The fraction of sp³-hybridized carbons (Fsp3) is 0.909. The number of hydrogen-bond donors (Lipinski definition) is 2. The number of rotatable bonds is 11. The van der Waals surface area contributed by atoms with Crippen molar-refractivity contribution < 1.29 is 4.79 Å². The molecule has 0 rings (SSSR count). The average molecular weight is 241 g/mol. The lowest BCUT2D eigenvalue weighted by Crippen LogP contribution is -2.37. The summed E-state index contributed by atoms with van der Waals surface area (Å²) in [4.78, 5) is 14.0. The van der Waals surface area contributed by atoms with Gasteiger partial charge in [0.05, 0.1) is 0 Å². The Balaban J connectivity index is 3.16. The molecular formula is C11H23N5O. The molecule has 0 aliphatic rings. The van der Waals surface area contributed by atoms with Crippen LogP contribution in [0.5, 0.6) is 0 Å². The maximum absolute atomic E-state index is 11.3. The summed E-state index contributed by atoms with van der Waals surface area (Å²) in [6.07, 6.45) is 6.65. The van der Waals surface area contributed by atoms with Gasteiger partial charge in [-0.25, -0.2) is 5.43 Å². The van der Waals surface area contributed by atoms with Gasteiger partial charge in [0.2, 0.25) is 5.91 Å². The molecule has 1 amide bonds. The highest BCUT2D eigenvalue weighted by molar-refractivity contribution is 5.75. The SMILES string of the molecule is CCCNNC(=O)CCCCCCCN=[N+]=[N-]. The smallest absolute Gasteiger partial charge is 0.234 e. The number of nitrogens with zero attached hydrogens (tertiary/aromatic N) is 3. The van der Waals surface area contributed by atoms with Gasteiger partial charge in [0.1, 0.15) is 0 Å². The zero-order valence-electron chi connectivity index (χ0n) is 10.6. The Labute approximate surface area is 103 Å². The van der Waals surface area contributed by atoms with Crippen LogP contribution in [0.2, 0.25) is 0 Å².